The zero-order valence-corrected chi connectivity index (χ0v) is 16.9. The molecule has 0 aliphatic rings. The monoisotopic (exact) mass is 451 g/mol. The number of alkyl halides is 3. The fraction of sp³-hybridized carbons (Fsp3) is 0.167. The van der Waals surface area contributed by atoms with Crippen molar-refractivity contribution in [2.45, 2.75) is 17.1 Å². The molecule has 3 heterocycles. The number of nitrogens with zero attached hydrogens (tertiary/aromatic N) is 5. The van der Waals surface area contributed by atoms with Crippen molar-refractivity contribution in [3.05, 3.63) is 63.7 Å². The van der Waals surface area contributed by atoms with E-state index in [2.05, 4.69) is 19.9 Å². The lowest BCUT2D eigenvalue weighted by molar-refractivity contribution is -0.137. The second-order valence-electron chi connectivity index (χ2n) is 5.95. The van der Waals surface area contributed by atoms with E-state index < -0.39 is 11.7 Å². The van der Waals surface area contributed by atoms with Gasteiger partial charge in [-0.05, 0) is 17.7 Å². The van der Waals surface area contributed by atoms with Gasteiger partial charge in [-0.2, -0.15) is 13.2 Å². The van der Waals surface area contributed by atoms with Gasteiger partial charge < -0.3 is 4.74 Å². The second-order valence-corrected chi connectivity index (χ2v) is 7.75. The Morgan fingerprint density at radius 3 is 2.47 bits per heavy atom. The van der Waals surface area contributed by atoms with Gasteiger partial charge in [0.15, 0.2) is 10.8 Å². The van der Waals surface area contributed by atoms with E-state index in [9.17, 15) is 18.0 Å². The van der Waals surface area contributed by atoms with E-state index in [4.69, 9.17) is 4.74 Å². The molecule has 154 valence electrons. The Morgan fingerprint density at radius 1 is 1.13 bits per heavy atom. The van der Waals surface area contributed by atoms with Crippen LogP contribution in [0, 0.1) is 0 Å². The lowest BCUT2D eigenvalue weighted by Crippen LogP contribution is -2.21. The average molecular weight is 451 g/mol. The summed E-state index contributed by atoms with van der Waals surface area (Å²) >= 11 is 2.37. The van der Waals surface area contributed by atoms with Gasteiger partial charge in [0.1, 0.15) is 4.70 Å². The fourth-order valence-corrected chi connectivity index (χ4v) is 4.20. The van der Waals surface area contributed by atoms with E-state index in [1.165, 1.54) is 64.8 Å². The Morgan fingerprint density at radius 2 is 1.83 bits per heavy atom. The van der Waals surface area contributed by atoms with Crippen LogP contribution >= 0.6 is 23.1 Å². The maximum atomic E-state index is 13.0. The first-order valence-corrected chi connectivity index (χ1v) is 10.2. The van der Waals surface area contributed by atoms with Crippen LogP contribution in [0.15, 0.2) is 52.1 Å². The second kappa shape index (κ2) is 8.03. The van der Waals surface area contributed by atoms with E-state index in [1.54, 1.807) is 0 Å². The molecule has 0 aliphatic carbocycles. The minimum Gasteiger partial charge on any atom is -0.467 e. The molecule has 4 aromatic rings. The zero-order chi connectivity index (χ0) is 21.3. The number of thioether (sulfide) groups is 1. The summed E-state index contributed by atoms with van der Waals surface area (Å²) in [4.78, 5) is 29.6. The first-order chi connectivity index (χ1) is 14.4. The summed E-state index contributed by atoms with van der Waals surface area (Å²) in [5, 5.41) is 0.326. The first-order valence-electron chi connectivity index (χ1n) is 8.38. The number of fused-ring (bicyclic) bond motifs is 1. The summed E-state index contributed by atoms with van der Waals surface area (Å²) in [6.07, 6.45) is -1.52. The third-order valence-corrected chi connectivity index (χ3v) is 5.86. The molecule has 0 radical (unpaired) electrons. The summed E-state index contributed by atoms with van der Waals surface area (Å²) in [7, 11) is 1.43. The highest BCUT2D eigenvalue weighted by molar-refractivity contribution is 7.98. The van der Waals surface area contributed by atoms with Crippen molar-refractivity contribution in [3.63, 3.8) is 0 Å². The molecule has 1 aromatic carbocycles. The highest BCUT2D eigenvalue weighted by Crippen LogP contribution is 2.30. The number of hydrogen-bond donors (Lipinski definition) is 0. The highest BCUT2D eigenvalue weighted by atomic mass is 32.2. The number of methoxy groups -OCH3 is 1. The van der Waals surface area contributed by atoms with Crippen LogP contribution in [0.25, 0.3) is 16.0 Å². The number of benzene rings is 1. The van der Waals surface area contributed by atoms with Crippen molar-refractivity contribution >= 4 is 33.4 Å². The molecule has 7 nitrogen and oxygen atoms in total. The molecule has 30 heavy (non-hydrogen) atoms. The van der Waals surface area contributed by atoms with Gasteiger partial charge in [-0.25, -0.2) is 19.9 Å². The van der Waals surface area contributed by atoms with Crippen LogP contribution in [0.5, 0.6) is 6.01 Å². The normalized spacial score (nSPS) is 11.7. The summed E-state index contributed by atoms with van der Waals surface area (Å²) in [5.74, 6) is 0.303. The average Bonchev–Trinajstić information content (AvgIpc) is 3.21. The maximum absolute atomic E-state index is 13.0. The minimum atomic E-state index is -4.39. The van der Waals surface area contributed by atoms with E-state index in [0.29, 0.717) is 32.5 Å². The molecule has 0 fully saturated rings. The molecule has 3 aromatic heterocycles. The Hall–Kier alpha value is -2.99. The smallest absolute Gasteiger partial charge is 0.416 e. The number of hydrogen-bond acceptors (Lipinski definition) is 8. The van der Waals surface area contributed by atoms with E-state index in [1.807, 2.05) is 0 Å². The van der Waals surface area contributed by atoms with Crippen LogP contribution in [0.4, 0.5) is 13.2 Å². The molecule has 12 heteroatoms. The van der Waals surface area contributed by atoms with Gasteiger partial charge >= 0.3 is 12.2 Å². The largest absolute Gasteiger partial charge is 0.467 e. The SMILES string of the molecule is COc1ncc(-n2c(SCc3ccc(C(F)(F)F)cc3)nc3ncsc3c2=O)cn1. The van der Waals surface area contributed by atoms with Crippen LogP contribution in [0.1, 0.15) is 11.1 Å². The molecular formula is C18H12F3N5O2S2. The number of aromatic nitrogens is 5. The van der Waals surface area contributed by atoms with Gasteiger partial charge in [-0.3, -0.25) is 9.36 Å². The van der Waals surface area contributed by atoms with Gasteiger partial charge in [-0.1, -0.05) is 23.9 Å². The molecule has 0 N–H and O–H groups in total. The quantitative estimate of drug-likeness (QED) is 0.336. The Bertz CT molecular complexity index is 1240. The lowest BCUT2D eigenvalue weighted by atomic mass is 10.1. The van der Waals surface area contributed by atoms with Gasteiger partial charge in [0, 0.05) is 5.75 Å². The molecule has 0 saturated carbocycles. The zero-order valence-electron chi connectivity index (χ0n) is 15.3. The van der Waals surface area contributed by atoms with Crippen molar-refractivity contribution in [3.8, 4) is 11.7 Å². The van der Waals surface area contributed by atoms with Gasteiger partial charge in [-0.15, -0.1) is 11.3 Å². The Balaban J connectivity index is 1.69. The summed E-state index contributed by atoms with van der Waals surface area (Å²) < 4.78 is 44.9. The highest BCUT2D eigenvalue weighted by Gasteiger charge is 2.29. The van der Waals surface area contributed by atoms with Crippen molar-refractivity contribution < 1.29 is 17.9 Å². The van der Waals surface area contributed by atoms with E-state index in [-0.39, 0.29) is 11.6 Å². The van der Waals surface area contributed by atoms with Crippen LogP contribution in [-0.4, -0.2) is 31.6 Å². The minimum absolute atomic E-state index is 0.151. The maximum Gasteiger partial charge on any atom is 0.416 e. The van der Waals surface area contributed by atoms with Gasteiger partial charge in [0.05, 0.1) is 36.3 Å². The van der Waals surface area contributed by atoms with Crippen molar-refractivity contribution in [1.82, 2.24) is 24.5 Å². The number of halogens is 3. The molecule has 4 rings (SSSR count). The van der Waals surface area contributed by atoms with Crippen LogP contribution in [0.2, 0.25) is 0 Å². The molecule has 0 atom stereocenters. The fourth-order valence-electron chi connectivity index (χ4n) is 2.59. The number of ether oxygens (including phenoxy) is 1. The summed E-state index contributed by atoms with van der Waals surface area (Å²) in [5.41, 5.74) is 1.83. The number of thiazole rings is 1. The predicted molar refractivity (Wildman–Crippen MR) is 106 cm³/mol. The molecular weight excluding hydrogens is 439 g/mol. The van der Waals surface area contributed by atoms with Gasteiger partial charge in [0.25, 0.3) is 5.56 Å². The first kappa shape index (κ1) is 20.3. The Labute approximate surface area is 175 Å². The van der Waals surface area contributed by atoms with Crippen LogP contribution < -0.4 is 10.3 Å². The summed E-state index contributed by atoms with van der Waals surface area (Å²) in [6.45, 7) is 0. The van der Waals surface area contributed by atoms with Crippen molar-refractivity contribution in [2.24, 2.45) is 0 Å². The van der Waals surface area contributed by atoms with Crippen molar-refractivity contribution in [2.75, 3.05) is 7.11 Å². The summed E-state index contributed by atoms with van der Waals surface area (Å²) in [6, 6.07) is 5.00. The van der Waals surface area contributed by atoms with E-state index >= 15 is 0 Å². The van der Waals surface area contributed by atoms with Crippen LogP contribution in [-0.2, 0) is 11.9 Å². The molecule has 0 unspecified atom stereocenters. The third kappa shape index (κ3) is 4.00. The predicted octanol–water partition coefficient (Wildman–Crippen LogP) is 3.95. The van der Waals surface area contributed by atoms with Crippen molar-refractivity contribution in [1.29, 1.82) is 0 Å². The molecule has 0 saturated heterocycles. The molecule has 0 aliphatic heterocycles. The number of rotatable bonds is 5. The third-order valence-electron chi connectivity index (χ3n) is 4.04. The van der Waals surface area contributed by atoms with E-state index in [0.717, 1.165) is 12.1 Å². The lowest BCUT2D eigenvalue weighted by Gasteiger charge is -2.12. The Kier molecular flexibility index (Phi) is 5.43. The molecule has 0 bridgehead atoms. The van der Waals surface area contributed by atoms with Gasteiger partial charge in [0.2, 0.25) is 0 Å². The van der Waals surface area contributed by atoms with Crippen LogP contribution in [0.3, 0.4) is 0 Å². The standard InChI is InChI=1S/C18H12F3N5O2S2/c1-28-16-22-6-12(7-23-16)26-15(27)13-14(24-9-30-13)25-17(26)29-8-10-2-4-11(5-3-10)18(19,20)21/h2-7,9H,8H2,1H3. The molecule has 0 amide bonds. The molecule has 0 spiro atoms. The topological polar surface area (TPSA) is 82.8 Å².